The standard InChI is InChI=1S/C13H10F2O2/c14-10-4-3-9(13(15)7-10)6-11(16)8-12-2-1-5-17-12/h1-5,7H,6,8H2. The maximum Gasteiger partial charge on any atom is 0.144 e. The summed E-state index contributed by atoms with van der Waals surface area (Å²) in [7, 11) is 0. The van der Waals surface area contributed by atoms with Crippen LogP contribution >= 0.6 is 0 Å². The molecule has 2 rings (SSSR count). The second-order valence-electron chi connectivity index (χ2n) is 3.71. The Bertz CT molecular complexity index is 518. The molecule has 0 N–H and O–H groups in total. The van der Waals surface area contributed by atoms with Crippen molar-refractivity contribution in [2.24, 2.45) is 0 Å². The Morgan fingerprint density at radius 3 is 2.65 bits per heavy atom. The molecule has 0 bridgehead atoms. The summed E-state index contributed by atoms with van der Waals surface area (Å²) in [5.74, 6) is -0.981. The molecule has 0 unspecified atom stereocenters. The first kappa shape index (κ1) is 11.5. The Labute approximate surface area is 96.9 Å². The third-order valence-corrected chi connectivity index (χ3v) is 2.35. The van der Waals surface area contributed by atoms with Crippen molar-refractivity contribution in [2.75, 3.05) is 0 Å². The fourth-order valence-corrected chi connectivity index (χ4v) is 1.55. The van der Waals surface area contributed by atoms with Crippen molar-refractivity contribution in [3.05, 3.63) is 59.6 Å². The lowest BCUT2D eigenvalue weighted by molar-refractivity contribution is -0.118. The van der Waals surface area contributed by atoms with Crippen molar-refractivity contribution >= 4 is 5.78 Å². The third kappa shape index (κ3) is 3.00. The first-order valence-corrected chi connectivity index (χ1v) is 5.13. The van der Waals surface area contributed by atoms with Crippen LogP contribution in [-0.4, -0.2) is 5.78 Å². The number of furan rings is 1. The van der Waals surface area contributed by atoms with Crippen molar-refractivity contribution in [1.29, 1.82) is 0 Å². The van der Waals surface area contributed by atoms with Gasteiger partial charge in [0.05, 0.1) is 12.7 Å². The Morgan fingerprint density at radius 2 is 2.00 bits per heavy atom. The van der Waals surface area contributed by atoms with Crippen LogP contribution in [0.25, 0.3) is 0 Å². The molecule has 0 saturated carbocycles. The van der Waals surface area contributed by atoms with Gasteiger partial charge in [0.25, 0.3) is 0 Å². The van der Waals surface area contributed by atoms with Gasteiger partial charge in [-0.25, -0.2) is 8.78 Å². The lowest BCUT2D eigenvalue weighted by Crippen LogP contribution is -2.07. The predicted octanol–water partition coefficient (Wildman–Crippen LogP) is 2.91. The quantitative estimate of drug-likeness (QED) is 0.817. The summed E-state index contributed by atoms with van der Waals surface area (Å²) in [6.45, 7) is 0. The number of carbonyl (C=O) groups is 1. The molecule has 0 aliphatic heterocycles. The first-order chi connectivity index (χ1) is 8.15. The minimum atomic E-state index is -0.696. The summed E-state index contributed by atoms with van der Waals surface area (Å²) in [5, 5.41) is 0. The predicted molar refractivity (Wildman–Crippen MR) is 57.5 cm³/mol. The van der Waals surface area contributed by atoms with Gasteiger partial charge in [0.1, 0.15) is 23.2 Å². The summed E-state index contributed by atoms with van der Waals surface area (Å²) < 4.78 is 30.9. The van der Waals surface area contributed by atoms with E-state index in [4.69, 9.17) is 4.42 Å². The van der Waals surface area contributed by atoms with Crippen LogP contribution in [0.1, 0.15) is 11.3 Å². The van der Waals surface area contributed by atoms with Crippen LogP contribution in [0.5, 0.6) is 0 Å². The van der Waals surface area contributed by atoms with Gasteiger partial charge in [-0.2, -0.15) is 0 Å². The molecule has 0 aliphatic carbocycles. The van der Waals surface area contributed by atoms with E-state index in [2.05, 4.69) is 0 Å². The number of ketones is 1. The molecule has 2 aromatic rings. The monoisotopic (exact) mass is 236 g/mol. The Balaban J connectivity index is 2.03. The zero-order chi connectivity index (χ0) is 12.3. The molecule has 1 aromatic carbocycles. The average molecular weight is 236 g/mol. The van der Waals surface area contributed by atoms with Crippen molar-refractivity contribution in [3.63, 3.8) is 0 Å². The van der Waals surface area contributed by atoms with Gasteiger partial charge < -0.3 is 4.42 Å². The van der Waals surface area contributed by atoms with E-state index in [1.807, 2.05) is 0 Å². The van der Waals surface area contributed by atoms with Crippen LogP contribution in [0.15, 0.2) is 41.0 Å². The van der Waals surface area contributed by atoms with Gasteiger partial charge in [-0.1, -0.05) is 6.07 Å². The van der Waals surface area contributed by atoms with Gasteiger partial charge in [0.15, 0.2) is 0 Å². The van der Waals surface area contributed by atoms with Gasteiger partial charge in [-0.15, -0.1) is 0 Å². The lowest BCUT2D eigenvalue weighted by Gasteiger charge is -2.01. The van der Waals surface area contributed by atoms with Crippen LogP contribution in [0.3, 0.4) is 0 Å². The van der Waals surface area contributed by atoms with Crippen molar-refractivity contribution < 1.29 is 18.0 Å². The van der Waals surface area contributed by atoms with E-state index in [-0.39, 0.29) is 24.2 Å². The van der Waals surface area contributed by atoms with Crippen LogP contribution in [0.2, 0.25) is 0 Å². The molecule has 0 atom stereocenters. The maximum absolute atomic E-state index is 13.3. The van der Waals surface area contributed by atoms with Crippen molar-refractivity contribution in [3.8, 4) is 0 Å². The Hall–Kier alpha value is -1.97. The van der Waals surface area contributed by atoms with E-state index in [0.29, 0.717) is 5.76 Å². The van der Waals surface area contributed by atoms with E-state index in [0.717, 1.165) is 12.1 Å². The minimum absolute atomic E-state index is 0.0627. The zero-order valence-corrected chi connectivity index (χ0v) is 8.95. The highest BCUT2D eigenvalue weighted by Crippen LogP contribution is 2.12. The highest BCUT2D eigenvalue weighted by molar-refractivity contribution is 5.82. The third-order valence-electron chi connectivity index (χ3n) is 2.35. The van der Waals surface area contributed by atoms with Gasteiger partial charge in [0, 0.05) is 12.5 Å². The highest BCUT2D eigenvalue weighted by Gasteiger charge is 2.11. The molecule has 0 saturated heterocycles. The molecule has 88 valence electrons. The number of rotatable bonds is 4. The number of Topliss-reactive ketones (excluding diaryl/α,β-unsaturated/α-hetero) is 1. The number of hydrogen-bond donors (Lipinski definition) is 0. The summed E-state index contributed by atoms with van der Waals surface area (Å²) in [4.78, 5) is 11.6. The van der Waals surface area contributed by atoms with Crippen LogP contribution in [-0.2, 0) is 17.6 Å². The van der Waals surface area contributed by atoms with E-state index in [1.54, 1.807) is 12.1 Å². The Kier molecular flexibility index (Phi) is 3.32. The Morgan fingerprint density at radius 1 is 1.18 bits per heavy atom. The van der Waals surface area contributed by atoms with E-state index >= 15 is 0 Å². The molecule has 4 heteroatoms. The summed E-state index contributed by atoms with van der Waals surface area (Å²) >= 11 is 0. The van der Waals surface area contributed by atoms with Gasteiger partial charge in [-0.05, 0) is 23.8 Å². The molecule has 0 radical (unpaired) electrons. The van der Waals surface area contributed by atoms with Gasteiger partial charge in [-0.3, -0.25) is 4.79 Å². The number of carbonyl (C=O) groups excluding carboxylic acids is 1. The zero-order valence-electron chi connectivity index (χ0n) is 8.95. The SMILES string of the molecule is O=C(Cc1ccco1)Cc1ccc(F)cc1F. The van der Waals surface area contributed by atoms with Crippen LogP contribution < -0.4 is 0 Å². The molecule has 0 fully saturated rings. The van der Waals surface area contributed by atoms with E-state index in [1.165, 1.54) is 12.3 Å². The number of hydrogen-bond acceptors (Lipinski definition) is 2. The molecule has 0 amide bonds. The van der Waals surface area contributed by atoms with Gasteiger partial charge in [0.2, 0.25) is 0 Å². The minimum Gasteiger partial charge on any atom is -0.469 e. The molecule has 1 aromatic heterocycles. The normalized spacial score (nSPS) is 10.5. The summed E-state index contributed by atoms with van der Waals surface area (Å²) in [6, 6.07) is 6.55. The number of halogens is 2. The largest absolute Gasteiger partial charge is 0.469 e. The van der Waals surface area contributed by atoms with E-state index < -0.39 is 11.6 Å². The van der Waals surface area contributed by atoms with Crippen molar-refractivity contribution in [2.45, 2.75) is 12.8 Å². The molecular weight excluding hydrogens is 226 g/mol. The molecule has 0 aliphatic rings. The fourth-order valence-electron chi connectivity index (χ4n) is 1.55. The van der Waals surface area contributed by atoms with Gasteiger partial charge >= 0.3 is 0 Å². The average Bonchev–Trinajstić information content (AvgIpc) is 2.75. The second-order valence-corrected chi connectivity index (χ2v) is 3.71. The highest BCUT2D eigenvalue weighted by atomic mass is 19.1. The molecule has 2 nitrogen and oxygen atoms in total. The first-order valence-electron chi connectivity index (χ1n) is 5.13. The molecule has 17 heavy (non-hydrogen) atoms. The second kappa shape index (κ2) is 4.91. The molecule has 1 heterocycles. The smallest absolute Gasteiger partial charge is 0.144 e. The van der Waals surface area contributed by atoms with Crippen LogP contribution in [0, 0.1) is 11.6 Å². The maximum atomic E-state index is 13.3. The number of benzene rings is 1. The molecule has 0 spiro atoms. The van der Waals surface area contributed by atoms with Crippen LogP contribution in [0.4, 0.5) is 8.78 Å². The van der Waals surface area contributed by atoms with E-state index in [9.17, 15) is 13.6 Å². The summed E-state index contributed by atoms with van der Waals surface area (Å²) in [6.07, 6.45) is 1.53. The summed E-state index contributed by atoms with van der Waals surface area (Å²) in [5.41, 5.74) is 0.197. The molecular formula is C13H10F2O2. The lowest BCUT2D eigenvalue weighted by atomic mass is 10.1. The van der Waals surface area contributed by atoms with Crippen molar-refractivity contribution in [1.82, 2.24) is 0 Å². The topological polar surface area (TPSA) is 30.2 Å². The fraction of sp³-hybridized carbons (Fsp3) is 0.154.